The van der Waals surface area contributed by atoms with Crippen LogP contribution in [0.25, 0.3) is 0 Å². The van der Waals surface area contributed by atoms with E-state index in [1.807, 2.05) is 18.7 Å². The number of imide groups is 1. The van der Waals surface area contributed by atoms with Crippen LogP contribution in [0.2, 0.25) is 5.02 Å². The van der Waals surface area contributed by atoms with E-state index in [1.165, 1.54) is 0 Å². The van der Waals surface area contributed by atoms with E-state index in [0.717, 1.165) is 18.7 Å². The largest absolute Gasteiger partial charge is 0.417 e. The van der Waals surface area contributed by atoms with Crippen LogP contribution in [0.15, 0.2) is 12.3 Å². The van der Waals surface area contributed by atoms with Crippen LogP contribution in [-0.4, -0.2) is 60.6 Å². The first-order chi connectivity index (χ1) is 13.1. The molecule has 0 unspecified atom stereocenters. The highest BCUT2D eigenvalue weighted by Crippen LogP contribution is 2.33. The summed E-state index contributed by atoms with van der Waals surface area (Å²) in [5.41, 5.74) is -0.896. The van der Waals surface area contributed by atoms with E-state index < -0.39 is 23.7 Å². The predicted molar refractivity (Wildman–Crippen MR) is 99.3 cm³/mol. The first-order valence-corrected chi connectivity index (χ1v) is 9.28. The second-order valence-electron chi connectivity index (χ2n) is 6.62. The van der Waals surface area contributed by atoms with Crippen molar-refractivity contribution in [2.45, 2.75) is 32.5 Å². The van der Waals surface area contributed by atoms with Crippen LogP contribution in [-0.2, 0) is 11.0 Å². The zero-order valence-corrected chi connectivity index (χ0v) is 16.4. The number of alkyl halides is 3. The summed E-state index contributed by atoms with van der Waals surface area (Å²) in [6.45, 7) is 5.68. The van der Waals surface area contributed by atoms with Crippen LogP contribution in [0.5, 0.6) is 0 Å². The maximum absolute atomic E-state index is 12.7. The predicted octanol–water partition coefficient (Wildman–Crippen LogP) is 2.50. The monoisotopic (exact) mass is 421 g/mol. The lowest BCUT2D eigenvalue weighted by atomic mass is 10.2. The number of piperazine rings is 1. The smallest absolute Gasteiger partial charge is 0.353 e. The van der Waals surface area contributed by atoms with Gasteiger partial charge in [0.15, 0.2) is 0 Å². The van der Waals surface area contributed by atoms with E-state index in [2.05, 4.69) is 15.6 Å². The summed E-state index contributed by atoms with van der Waals surface area (Å²) in [6, 6.07) is 0.302. The van der Waals surface area contributed by atoms with Crippen molar-refractivity contribution in [1.29, 1.82) is 0 Å². The summed E-state index contributed by atoms with van der Waals surface area (Å²) in [5.74, 6) is -0.133. The Labute approximate surface area is 166 Å². The van der Waals surface area contributed by atoms with Gasteiger partial charge in [0.2, 0.25) is 5.91 Å². The van der Waals surface area contributed by atoms with Crippen LogP contribution < -0.4 is 15.5 Å². The number of anilines is 1. The summed E-state index contributed by atoms with van der Waals surface area (Å²) in [7, 11) is 0. The molecule has 1 aromatic heterocycles. The van der Waals surface area contributed by atoms with Gasteiger partial charge < -0.3 is 10.2 Å². The fourth-order valence-corrected chi connectivity index (χ4v) is 2.95. The Morgan fingerprint density at radius 2 is 1.93 bits per heavy atom. The molecule has 1 aromatic rings. The molecule has 2 heterocycles. The number of amides is 3. The van der Waals surface area contributed by atoms with Crippen molar-refractivity contribution in [3.8, 4) is 0 Å². The number of urea groups is 1. The number of hydrogen-bond acceptors (Lipinski definition) is 5. The molecule has 7 nitrogen and oxygen atoms in total. The zero-order chi connectivity index (χ0) is 20.9. The first-order valence-electron chi connectivity index (χ1n) is 8.90. The van der Waals surface area contributed by atoms with Crippen LogP contribution in [0, 0.1) is 0 Å². The number of pyridine rings is 1. The maximum Gasteiger partial charge on any atom is 0.417 e. The Kier molecular flexibility index (Phi) is 7.48. The molecule has 156 valence electrons. The van der Waals surface area contributed by atoms with Gasteiger partial charge in [-0.1, -0.05) is 18.5 Å². The highest BCUT2D eigenvalue weighted by Gasteiger charge is 2.32. The fraction of sp³-hybridized carbons (Fsp3) is 0.588. The van der Waals surface area contributed by atoms with Gasteiger partial charge in [0.1, 0.15) is 5.82 Å². The van der Waals surface area contributed by atoms with Crippen molar-refractivity contribution in [2.24, 2.45) is 0 Å². The third kappa shape index (κ3) is 6.23. The number of aromatic nitrogens is 1. The van der Waals surface area contributed by atoms with Crippen molar-refractivity contribution in [3.05, 3.63) is 22.8 Å². The van der Waals surface area contributed by atoms with Crippen LogP contribution >= 0.6 is 11.6 Å². The Bertz CT molecular complexity index is 709. The molecule has 28 heavy (non-hydrogen) atoms. The van der Waals surface area contributed by atoms with E-state index in [1.54, 1.807) is 4.90 Å². The van der Waals surface area contributed by atoms with Crippen molar-refractivity contribution < 1.29 is 22.8 Å². The molecular formula is C17H23ClF3N5O2. The van der Waals surface area contributed by atoms with Crippen molar-refractivity contribution >= 4 is 29.4 Å². The van der Waals surface area contributed by atoms with Gasteiger partial charge in [0.25, 0.3) is 0 Å². The topological polar surface area (TPSA) is 77.6 Å². The second-order valence-corrected chi connectivity index (χ2v) is 7.03. The van der Waals surface area contributed by atoms with Gasteiger partial charge in [-0.15, -0.1) is 0 Å². The van der Waals surface area contributed by atoms with E-state index in [4.69, 9.17) is 11.6 Å². The van der Waals surface area contributed by atoms with Gasteiger partial charge in [0, 0.05) is 38.4 Å². The molecular weight excluding hydrogens is 399 g/mol. The molecule has 3 amide bonds. The summed E-state index contributed by atoms with van der Waals surface area (Å²) in [4.78, 5) is 31.1. The van der Waals surface area contributed by atoms with E-state index >= 15 is 0 Å². The van der Waals surface area contributed by atoms with Crippen molar-refractivity contribution in [3.63, 3.8) is 0 Å². The third-order valence-electron chi connectivity index (χ3n) is 4.43. The molecule has 2 rings (SSSR count). The summed E-state index contributed by atoms with van der Waals surface area (Å²) >= 11 is 5.97. The van der Waals surface area contributed by atoms with Gasteiger partial charge in [0.05, 0.1) is 17.1 Å². The number of hydrogen-bond donors (Lipinski definition) is 2. The van der Waals surface area contributed by atoms with Gasteiger partial charge in [-0.2, -0.15) is 13.2 Å². The van der Waals surface area contributed by atoms with Gasteiger partial charge >= 0.3 is 12.2 Å². The minimum absolute atomic E-state index is 0.0303. The summed E-state index contributed by atoms with van der Waals surface area (Å²) in [5, 5.41) is 4.86. The summed E-state index contributed by atoms with van der Waals surface area (Å²) in [6.07, 6.45) is -2.98. The lowest BCUT2D eigenvalue weighted by Gasteiger charge is -2.35. The number of carbonyl (C=O) groups excluding carboxylic acids is 2. The van der Waals surface area contributed by atoms with E-state index in [9.17, 15) is 22.8 Å². The number of carbonyl (C=O) groups is 2. The molecule has 1 atom stereocenters. The molecule has 0 radical (unpaired) electrons. The minimum atomic E-state index is -4.50. The number of nitrogens with zero attached hydrogens (tertiary/aromatic N) is 3. The molecule has 2 N–H and O–H groups in total. The highest BCUT2D eigenvalue weighted by atomic mass is 35.5. The van der Waals surface area contributed by atoms with Crippen LogP contribution in [0.1, 0.15) is 25.8 Å². The molecule has 0 aliphatic carbocycles. The highest BCUT2D eigenvalue weighted by molar-refractivity contribution is 6.33. The van der Waals surface area contributed by atoms with Gasteiger partial charge in [-0.05, 0) is 19.4 Å². The Morgan fingerprint density at radius 3 is 2.46 bits per heavy atom. The molecule has 1 aliphatic heterocycles. The van der Waals surface area contributed by atoms with Crippen molar-refractivity contribution in [1.82, 2.24) is 20.5 Å². The molecule has 0 spiro atoms. The van der Waals surface area contributed by atoms with Gasteiger partial charge in [-0.3, -0.25) is 15.0 Å². The number of halogens is 4. The lowest BCUT2D eigenvalue weighted by molar-refractivity contribution is -0.137. The Balaban J connectivity index is 1.84. The first kappa shape index (κ1) is 22.2. The minimum Gasteiger partial charge on any atom is -0.353 e. The standard InChI is InChI=1S/C17H23ClF3N5O2/c1-3-11(2)23-16(28)24-14(27)10-25-4-6-26(7-5-25)15-13(18)8-12(9-22-15)17(19,20)21/h8-9,11H,3-7,10H2,1-2H3,(H2,23,24,27,28)/t11-/m1/s1. The van der Waals surface area contributed by atoms with E-state index in [-0.39, 0.29) is 23.4 Å². The summed E-state index contributed by atoms with van der Waals surface area (Å²) < 4.78 is 38.1. The molecule has 0 saturated carbocycles. The molecule has 1 aliphatic rings. The molecule has 1 saturated heterocycles. The van der Waals surface area contributed by atoms with Crippen LogP contribution in [0.4, 0.5) is 23.8 Å². The molecule has 11 heteroatoms. The average molecular weight is 422 g/mol. The lowest BCUT2D eigenvalue weighted by Crippen LogP contribution is -2.52. The average Bonchev–Trinajstić information content (AvgIpc) is 2.61. The molecule has 0 bridgehead atoms. The Morgan fingerprint density at radius 1 is 1.29 bits per heavy atom. The van der Waals surface area contributed by atoms with E-state index in [0.29, 0.717) is 26.2 Å². The molecule has 1 fully saturated rings. The SMILES string of the molecule is CC[C@@H](C)NC(=O)NC(=O)CN1CCN(c2ncc(C(F)(F)F)cc2Cl)CC1. The fourth-order valence-electron chi connectivity index (χ4n) is 2.67. The second kappa shape index (κ2) is 9.42. The quantitative estimate of drug-likeness (QED) is 0.764. The normalized spacial score (nSPS) is 16.6. The number of rotatable bonds is 5. The Hall–Kier alpha value is -2.07. The third-order valence-corrected chi connectivity index (χ3v) is 4.71. The van der Waals surface area contributed by atoms with Crippen molar-refractivity contribution in [2.75, 3.05) is 37.6 Å². The van der Waals surface area contributed by atoms with Crippen LogP contribution in [0.3, 0.4) is 0 Å². The van der Waals surface area contributed by atoms with Gasteiger partial charge in [-0.25, -0.2) is 9.78 Å². The number of nitrogens with one attached hydrogen (secondary N) is 2. The molecule has 0 aromatic carbocycles. The maximum atomic E-state index is 12.7. The zero-order valence-electron chi connectivity index (χ0n) is 15.6.